The fourth-order valence-electron chi connectivity index (χ4n) is 3.94. The molecule has 0 atom stereocenters. The predicted molar refractivity (Wildman–Crippen MR) is 137 cm³/mol. The SMILES string of the molecule is Cc1cccc(NC(=O)Nc2ccc(N3CCCN(C(=O)c4ccc(Cl)cc4)CC3)nc2)c1C. The molecule has 1 saturated heterocycles. The van der Waals surface area contributed by atoms with E-state index in [0.29, 0.717) is 35.9 Å². The van der Waals surface area contributed by atoms with Crippen LogP contribution in [0, 0.1) is 13.8 Å². The van der Waals surface area contributed by atoms with Crippen LogP contribution >= 0.6 is 11.6 Å². The summed E-state index contributed by atoms with van der Waals surface area (Å²) in [6.07, 6.45) is 2.50. The van der Waals surface area contributed by atoms with Crippen LogP contribution in [0.2, 0.25) is 5.02 Å². The fraction of sp³-hybridized carbons (Fsp3) is 0.269. The minimum absolute atomic E-state index is 0.0147. The van der Waals surface area contributed by atoms with Crippen LogP contribution in [0.25, 0.3) is 0 Å². The molecular formula is C26H28ClN5O2. The molecule has 3 amide bonds. The van der Waals surface area contributed by atoms with Crippen LogP contribution in [0.1, 0.15) is 27.9 Å². The molecule has 0 bridgehead atoms. The highest BCUT2D eigenvalue weighted by Gasteiger charge is 2.21. The maximum absolute atomic E-state index is 12.8. The van der Waals surface area contributed by atoms with Crippen molar-refractivity contribution in [1.82, 2.24) is 9.88 Å². The normalized spacial score (nSPS) is 13.9. The van der Waals surface area contributed by atoms with Crippen LogP contribution < -0.4 is 15.5 Å². The number of urea groups is 1. The summed E-state index contributed by atoms with van der Waals surface area (Å²) in [5, 5.41) is 6.33. The summed E-state index contributed by atoms with van der Waals surface area (Å²) in [4.78, 5) is 33.8. The Labute approximate surface area is 204 Å². The van der Waals surface area contributed by atoms with Gasteiger partial charge in [-0.05, 0) is 73.9 Å². The molecule has 0 aliphatic carbocycles. The van der Waals surface area contributed by atoms with E-state index in [0.717, 1.165) is 35.6 Å². The van der Waals surface area contributed by atoms with Crippen molar-refractivity contribution in [2.45, 2.75) is 20.3 Å². The Hall–Kier alpha value is -3.58. The van der Waals surface area contributed by atoms with Crippen LogP contribution in [0.5, 0.6) is 0 Å². The first-order valence-electron chi connectivity index (χ1n) is 11.3. The molecule has 1 aliphatic heterocycles. The summed E-state index contributed by atoms with van der Waals surface area (Å²) >= 11 is 5.94. The third kappa shape index (κ3) is 5.66. The summed E-state index contributed by atoms with van der Waals surface area (Å²) in [7, 11) is 0. The third-order valence-corrected chi connectivity index (χ3v) is 6.31. The lowest BCUT2D eigenvalue weighted by Gasteiger charge is -2.23. The quantitative estimate of drug-likeness (QED) is 0.531. The summed E-state index contributed by atoms with van der Waals surface area (Å²) in [6.45, 7) is 6.78. The second kappa shape index (κ2) is 10.6. The molecule has 34 heavy (non-hydrogen) atoms. The number of hydrogen-bond acceptors (Lipinski definition) is 4. The van der Waals surface area contributed by atoms with Crippen molar-refractivity contribution in [1.29, 1.82) is 0 Å². The largest absolute Gasteiger partial charge is 0.355 e. The Morgan fingerprint density at radius 2 is 1.71 bits per heavy atom. The molecule has 2 heterocycles. The van der Waals surface area contributed by atoms with E-state index in [2.05, 4.69) is 20.5 Å². The Kier molecular flexibility index (Phi) is 7.33. The highest BCUT2D eigenvalue weighted by Crippen LogP contribution is 2.20. The first-order chi connectivity index (χ1) is 16.4. The van der Waals surface area contributed by atoms with Crippen molar-refractivity contribution in [3.05, 3.63) is 82.5 Å². The van der Waals surface area contributed by atoms with Crippen LogP contribution in [-0.2, 0) is 0 Å². The lowest BCUT2D eigenvalue weighted by atomic mass is 10.1. The number of benzene rings is 2. The molecule has 1 aliphatic rings. The van der Waals surface area contributed by atoms with Crippen molar-refractivity contribution >= 4 is 40.7 Å². The Morgan fingerprint density at radius 3 is 2.44 bits per heavy atom. The summed E-state index contributed by atoms with van der Waals surface area (Å²) in [6, 6.07) is 16.2. The lowest BCUT2D eigenvalue weighted by Crippen LogP contribution is -2.35. The van der Waals surface area contributed by atoms with E-state index in [9.17, 15) is 9.59 Å². The average Bonchev–Trinajstić information content (AvgIpc) is 3.09. The second-order valence-electron chi connectivity index (χ2n) is 8.37. The van der Waals surface area contributed by atoms with E-state index in [1.54, 1.807) is 30.5 Å². The Bertz CT molecular complexity index is 1160. The van der Waals surface area contributed by atoms with E-state index < -0.39 is 0 Å². The van der Waals surface area contributed by atoms with Gasteiger partial charge in [0.15, 0.2) is 0 Å². The van der Waals surface area contributed by atoms with Gasteiger partial charge in [-0.25, -0.2) is 9.78 Å². The van der Waals surface area contributed by atoms with Gasteiger partial charge in [-0.3, -0.25) is 4.79 Å². The zero-order valence-electron chi connectivity index (χ0n) is 19.3. The third-order valence-electron chi connectivity index (χ3n) is 6.06. The number of carbonyl (C=O) groups is 2. The van der Waals surface area contributed by atoms with Gasteiger partial charge in [0.2, 0.25) is 0 Å². The van der Waals surface area contributed by atoms with E-state index >= 15 is 0 Å². The number of nitrogens with zero attached hydrogens (tertiary/aromatic N) is 3. The molecule has 4 rings (SSSR count). The molecule has 0 unspecified atom stereocenters. The number of amides is 3. The summed E-state index contributed by atoms with van der Waals surface area (Å²) in [5.74, 6) is 0.835. The predicted octanol–water partition coefficient (Wildman–Crippen LogP) is 5.35. The van der Waals surface area contributed by atoms with E-state index in [1.165, 1.54) is 0 Å². The zero-order valence-corrected chi connectivity index (χ0v) is 20.1. The van der Waals surface area contributed by atoms with Gasteiger partial charge in [-0.15, -0.1) is 0 Å². The molecule has 0 spiro atoms. The minimum Gasteiger partial charge on any atom is -0.355 e. The number of pyridine rings is 1. The van der Waals surface area contributed by atoms with Crippen molar-refractivity contribution in [3.8, 4) is 0 Å². The second-order valence-corrected chi connectivity index (χ2v) is 8.81. The van der Waals surface area contributed by atoms with Crippen molar-refractivity contribution in [3.63, 3.8) is 0 Å². The molecule has 7 nitrogen and oxygen atoms in total. The minimum atomic E-state index is -0.311. The first kappa shape index (κ1) is 23.6. The topological polar surface area (TPSA) is 77.6 Å². The maximum Gasteiger partial charge on any atom is 0.323 e. The van der Waals surface area contributed by atoms with Crippen molar-refractivity contribution in [2.24, 2.45) is 0 Å². The molecule has 176 valence electrons. The van der Waals surface area contributed by atoms with E-state index in [1.807, 2.05) is 49.1 Å². The summed E-state index contributed by atoms with van der Waals surface area (Å²) in [5.41, 5.74) is 4.20. The molecule has 1 fully saturated rings. The molecule has 2 N–H and O–H groups in total. The van der Waals surface area contributed by atoms with Gasteiger partial charge >= 0.3 is 6.03 Å². The van der Waals surface area contributed by atoms with Crippen molar-refractivity contribution in [2.75, 3.05) is 41.7 Å². The summed E-state index contributed by atoms with van der Waals surface area (Å²) < 4.78 is 0. The van der Waals surface area contributed by atoms with Crippen LogP contribution in [0.3, 0.4) is 0 Å². The van der Waals surface area contributed by atoms with Crippen LogP contribution in [-0.4, -0.2) is 48.0 Å². The van der Waals surface area contributed by atoms with Gasteiger partial charge in [0.1, 0.15) is 5.82 Å². The highest BCUT2D eigenvalue weighted by atomic mass is 35.5. The van der Waals surface area contributed by atoms with Crippen molar-refractivity contribution < 1.29 is 9.59 Å². The van der Waals surface area contributed by atoms with E-state index in [-0.39, 0.29) is 11.9 Å². The first-order valence-corrected chi connectivity index (χ1v) is 11.7. The molecule has 2 aromatic carbocycles. The number of rotatable bonds is 4. The smallest absolute Gasteiger partial charge is 0.323 e. The number of hydrogen-bond donors (Lipinski definition) is 2. The number of aryl methyl sites for hydroxylation is 1. The molecule has 3 aromatic rings. The van der Waals surface area contributed by atoms with Gasteiger partial charge in [0.05, 0.1) is 11.9 Å². The number of aromatic nitrogens is 1. The van der Waals surface area contributed by atoms with Gasteiger partial charge in [0, 0.05) is 42.5 Å². The van der Waals surface area contributed by atoms with Gasteiger partial charge in [-0.2, -0.15) is 0 Å². The Morgan fingerprint density at radius 1 is 0.912 bits per heavy atom. The maximum atomic E-state index is 12.8. The van der Waals surface area contributed by atoms with Crippen LogP contribution in [0.4, 0.5) is 22.0 Å². The lowest BCUT2D eigenvalue weighted by molar-refractivity contribution is 0.0767. The zero-order chi connectivity index (χ0) is 24.1. The average molecular weight is 478 g/mol. The monoisotopic (exact) mass is 477 g/mol. The number of halogens is 1. The van der Waals surface area contributed by atoms with Gasteiger partial charge in [-0.1, -0.05) is 23.7 Å². The van der Waals surface area contributed by atoms with E-state index in [4.69, 9.17) is 11.6 Å². The number of nitrogens with one attached hydrogen (secondary N) is 2. The molecular weight excluding hydrogens is 450 g/mol. The standard InChI is InChI=1S/C26H28ClN5O2/c1-18-5-3-6-23(19(18)2)30-26(34)29-22-11-12-24(28-17-22)31-13-4-14-32(16-15-31)25(33)20-7-9-21(27)10-8-20/h3,5-12,17H,4,13-16H2,1-2H3,(H2,29,30,34). The van der Waals surface area contributed by atoms with Gasteiger partial charge < -0.3 is 20.4 Å². The van der Waals surface area contributed by atoms with Gasteiger partial charge in [0.25, 0.3) is 5.91 Å². The molecule has 8 heteroatoms. The molecule has 0 radical (unpaired) electrons. The Balaban J connectivity index is 1.33. The number of anilines is 3. The number of carbonyl (C=O) groups excluding carboxylic acids is 2. The van der Waals surface area contributed by atoms with Crippen LogP contribution in [0.15, 0.2) is 60.8 Å². The highest BCUT2D eigenvalue weighted by molar-refractivity contribution is 6.30. The fourth-order valence-corrected chi connectivity index (χ4v) is 4.07. The molecule has 1 aromatic heterocycles. The molecule has 0 saturated carbocycles.